The van der Waals surface area contributed by atoms with E-state index in [2.05, 4.69) is 10.6 Å². The van der Waals surface area contributed by atoms with Crippen molar-refractivity contribution in [1.29, 1.82) is 0 Å². The van der Waals surface area contributed by atoms with Gasteiger partial charge in [-0.1, -0.05) is 36.4 Å². The lowest BCUT2D eigenvalue weighted by atomic mass is 10.2. The molecule has 2 aromatic carbocycles. The van der Waals surface area contributed by atoms with Crippen molar-refractivity contribution in [2.24, 2.45) is 0 Å². The lowest BCUT2D eigenvalue weighted by molar-refractivity contribution is 0.301. The highest BCUT2D eigenvalue weighted by atomic mass is 33.1. The molecule has 0 amide bonds. The summed E-state index contributed by atoms with van der Waals surface area (Å²) in [5.41, 5.74) is 2.31. The quantitative estimate of drug-likeness (QED) is 0.151. The van der Waals surface area contributed by atoms with Crippen LogP contribution in [0, 0.1) is 13.8 Å². The Morgan fingerprint density at radius 3 is 1.70 bits per heavy atom. The summed E-state index contributed by atoms with van der Waals surface area (Å²) in [6.07, 6.45) is 6.18. The van der Waals surface area contributed by atoms with Crippen molar-refractivity contribution in [3.63, 3.8) is 0 Å². The predicted octanol–water partition coefficient (Wildman–Crippen LogP) is 5.28. The van der Waals surface area contributed by atoms with Crippen molar-refractivity contribution in [2.45, 2.75) is 52.4 Å². The summed E-state index contributed by atoms with van der Waals surface area (Å²) in [4.78, 5) is 0. The maximum Gasteiger partial charge on any atom is 0.322 e. The van der Waals surface area contributed by atoms with Gasteiger partial charge >= 0.3 is 9.15 Å². The molecule has 0 fully saturated rings. The van der Waals surface area contributed by atoms with Crippen LogP contribution in [0.5, 0.6) is 11.5 Å². The zero-order valence-electron chi connectivity index (χ0n) is 22.4. The van der Waals surface area contributed by atoms with E-state index in [0.29, 0.717) is 32.1 Å². The van der Waals surface area contributed by atoms with Crippen molar-refractivity contribution in [1.82, 2.24) is 10.6 Å². The fraction of sp³-hybridized carbons (Fsp3) is 0.571. The van der Waals surface area contributed by atoms with Gasteiger partial charge < -0.3 is 20.1 Å². The smallest absolute Gasteiger partial charge is 0.322 e. The molecule has 2 N–H and O–H groups in total. The van der Waals surface area contributed by atoms with E-state index >= 15 is 0 Å². The Morgan fingerprint density at radius 1 is 0.649 bits per heavy atom. The highest BCUT2D eigenvalue weighted by Gasteiger charge is 2.11. The van der Waals surface area contributed by atoms with Gasteiger partial charge in [-0.2, -0.15) is 8.42 Å². The van der Waals surface area contributed by atoms with Crippen molar-refractivity contribution in [3.05, 3.63) is 59.7 Å². The first-order chi connectivity index (χ1) is 18.0. The first-order valence-corrected chi connectivity index (χ1v) is 16.2. The fourth-order valence-electron chi connectivity index (χ4n) is 3.57. The van der Waals surface area contributed by atoms with E-state index < -0.39 is 9.15 Å². The van der Waals surface area contributed by atoms with E-state index in [-0.39, 0.29) is 6.61 Å². The third-order valence-electron chi connectivity index (χ3n) is 5.71. The average molecular weight is 553 g/mol. The second kappa shape index (κ2) is 19.3. The number of unbranched alkanes of at least 4 members (excludes halogenated alkanes) is 4. The lowest BCUT2D eigenvalue weighted by Gasteiger charge is -2.09. The minimum atomic E-state index is -3.55. The van der Waals surface area contributed by atoms with Gasteiger partial charge in [0.25, 0.3) is 0 Å². The molecule has 0 saturated carbocycles. The number of para-hydroxylation sites is 2. The standard InChI is InChI=1S/C28H44N2O5S2/c1-25-13-5-7-15-27(25)33-21-11-3-9-17-29-19-23-35-37(31,32)36-24-20-30-18-10-4-12-22-34-28-16-8-6-14-26(28)2/h5-8,13-16,29-30H,3-4,9-12,17-24H2,1-2H3. The molecular formula is C28H44N2O5S2. The SMILES string of the molecule is Cc1ccccc1OCCCCCNCCOS(=O)(=O)SCCNCCCCCOc1ccccc1C. The topological polar surface area (TPSA) is 85.9 Å². The summed E-state index contributed by atoms with van der Waals surface area (Å²) in [5.74, 6) is 2.37. The summed E-state index contributed by atoms with van der Waals surface area (Å²) in [6.45, 7) is 8.54. The van der Waals surface area contributed by atoms with Crippen molar-refractivity contribution in [3.8, 4) is 11.5 Å². The van der Waals surface area contributed by atoms with E-state index in [1.807, 2.05) is 62.4 Å². The molecule has 0 radical (unpaired) electrons. The fourth-order valence-corrected chi connectivity index (χ4v) is 5.63. The van der Waals surface area contributed by atoms with E-state index in [1.165, 1.54) is 0 Å². The molecule has 0 bridgehead atoms. The number of hydrogen-bond acceptors (Lipinski definition) is 8. The number of nitrogens with one attached hydrogen (secondary N) is 2. The number of ether oxygens (including phenoxy) is 2. The van der Waals surface area contributed by atoms with Gasteiger partial charge in [-0.15, -0.1) is 0 Å². The van der Waals surface area contributed by atoms with Crippen molar-refractivity contribution < 1.29 is 22.1 Å². The first-order valence-electron chi connectivity index (χ1n) is 13.3. The first kappa shape index (κ1) is 31.4. The van der Waals surface area contributed by atoms with Crippen molar-refractivity contribution in [2.75, 3.05) is 51.8 Å². The largest absolute Gasteiger partial charge is 0.493 e. The Morgan fingerprint density at radius 2 is 1.16 bits per heavy atom. The zero-order valence-corrected chi connectivity index (χ0v) is 24.0. The minimum Gasteiger partial charge on any atom is -0.493 e. The Hall–Kier alpha value is -1.78. The summed E-state index contributed by atoms with van der Waals surface area (Å²) in [5, 5.41) is 6.52. The van der Waals surface area contributed by atoms with Crippen LogP contribution in [0.4, 0.5) is 0 Å². The van der Waals surface area contributed by atoms with Crippen molar-refractivity contribution >= 4 is 19.9 Å². The van der Waals surface area contributed by atoms with Gasteiger partial charge in [-0.05, 0) is 99.5 Å². The van der Waals surface area contributed by atoms with E-state index in [4.69, 9.17) is 13.7 Å². The molecule has 0 unspecified atom stereocenters. The molecule has 9 heteroatoms. The van der Waals surface area contributed by atoms with Crippen LogP contribution in [-0.4, -0.2) is 60.2 Å². The molecule has 0 aromatic heterocycles. The summed E-state index contributed by atoms with van der Waals surface area (Å²) >= 11 is 0. The molecule has 0 heterocycles. The molecule has 2 rings (SSSR count). The molecule has 0 saturated heterocycles. The van der Waals surface area contributed by atoms with Gasteiger partial charge in [0.05, 0.1) is 19.8 Å². The molecule has 7 nitrogen and oxygen atoms in total. The van der Waals surface area contributed by atoms with Gasteiger partial charge in [-0.25, -0.2) is 0 Å². The molecule has 0 aliphatic carbocycles. The van der Waals surface area contributed by atoms with Gasteiger partial charge in [0.2, 0.25) is 0 Å². The molecule has 0 atom stereocenters. The van der Waals surface area contributed by atoms with E-state index in [9.17, 15) is 8.42 Å². The number of aryl methyl sites for hydroxylation is 2. The zero-order chi connectivity index (χ0) is 26.6. The second-order valence-electron chi connectivity index (χ2n) is 8.90. The van der Waals surface area contributed by atoms with Crippen LogP contribution in [0.25, 0.3) is 0 Å². The molecular weight excluding hydrogens is 508 g/mol. The van der Waals surface area contributed by atoms with Crippen LogP contribution >= 0.6 is 10.8 Å². The Bertz CT molecular complexity index is 901. The summed E-state index contributed by atoms with van der Waals surface area (Å²) < 4.78 is 40.6. The third kappa shape index (κ3) is 15.3. The van der Waals surface area contributed by atoms with Crippen LogP contribution in [-0.2, 0) is 13.3 Å². The Balaban J connectivity index is 1.33. The second-order valence-corrected chi connectivity index (χ2v) is 12.5. The molecule has 208 valence electrons. The Labute approximate surface area is 227 Å². The minimum absolute atomic E-state index is 0.156. The molecule has 0 aliphatic heterocycles. The highest BCUT2D eigenvalue weighted by molar-refractivity contribution is 8.70. The van der Waals surface area contributed by atoms with E-state index in [0.717, 1.165) is 85.0 Å². The molecule has 0 aliphatic rings. The van der Waals surface area contributed by atoms with Crippen LogP contribution in [0.1, 0.15) is 49.7 Å². The van der Waals surface area contributed by atoms with Gasteiger partial charge in [0.15, 0.2) is 0 Å². The predicted molar refractivity (Wildman–Crippen MR) is 154 cm³/mol. The van der Waals surface area contributed by atoms with Gasteiger partial charge in [0.1, 0.15) is 11.5 Å². The monoisotopic (exact) mass is 552 g/mol. The third-order valence-corrected chi connectivity index (χ3v) is 8.48. The number of rotatable bonds is 22. The Kier molecular flexibility index (Phi) is 16.4. The number of hydrogen-bond donors (Lipinski definition) is 2. The highest BCUT2D eigenvalue weighted by Crippen LogP contribution is 2.17. The summed E-state index contributed by atoms with van der Waals surface area (Å²) in [7, 11) is -2.70. The van der Waals surface area contributed by atoms with E-state index in [1.54, 1.807) is 0 Å². The van der Waals surface area contributed by atoms with Crippen LogP contribution in [0.3, 0.4) is 0 Å². The number of benzene rings is 2. The van der Waals surface area contributed by atoms with Gasteiger partial charge in [-0.3, -0.25) is 4.18 Å². The van der Waals surface area contributed by atoms with Crippen LogP contribution in [0.15, 0.2) is 48.5 Å². The molecule has 2 aromatic rings. The maximum absolute atomic E-state index is 12.0. The normalized spacial score (nSPS) is 11.5. The van der Waals surface area contributed by atoms with Gasteiger partial charge in [0, 0.05) is 18.8 Å². The van der Waals surface area contributed by atoms with Crippen LogP contribution < -0.4 is 20.1 Å². The molecule has 0 spiro atoms. The maximum atomic E-state index is 12.0. The van der Waals surface area contributed by atoms with Crippen LogP contribution in [0.2, 0.25) is 0 Å². The lowest BCUT2D eigenvalue weighted by Crippen LogP contribution is -2.23. The average Bonchev–Trinajstić information content (AvgIpc) is 2.88. The summed E-state index contributed by atoms with van der Waals surface area (Å²) in [6, 6.07) is 16.1. The molecule has 37 heavy (non-hydrogen) atoms.